The molecule has 226 valence electrons. The molecule has 0 atom stereocenters. The average Bonchev–Trinajstić information content (AvgIpc) is 3.77. The molecule has 0 aromatic carbocycles. The maximum atomic E-state index is 13.6. The zero-order valence-corrected chi connectivity index (χ0v) is 23.7. The van der Waals surface area contributed by atoms with Crippen molar-refractivity contribution in [2.75, 3.05) is 13.1 Å². The highest BCUT2D eigenvalue weighted by Crippen LogP contribution is 2.39. The predicted molar refractivity (Wildman–Crippen MR) is 152 cm³/mol. The number of nitrogens with one attached hydrogen (secondary N) is 1. The van der Waals surface area contributed by atoms with Crippen molar-refractivity contribution < 1.29 is 17.9 Å². The fourth-order valence-corrected chi connectivity index (χ4v) is 6.41. The van der Waals surface area contributed by atoms with E-state index in [1.54, 1.807) is 35.6 Å². The molecule has 0 radical (unpaired) electrons. The maximum absolute atomic E-state index is 13.6. The molecule has 0 amide bonds. The van der Waals surface area contributed by atoms with Crippen molar-refractivity contribution in [3.8, 4) is 23.2 Å². The molecular formula is C30H29F3N10O. The topological polar surface area (TPSA) is 126 Å². The van der Waals surface area contributed by atoms with Crippen molar-refractivity contribution in [1.82, 2.24) is 44.2 Å². The molecule has 1 saturated carbocycles. The third-order valence-corrected chi connectivity index (χ3v) is 8.62. The van der Waals surface area contributed by atoms with Gasteiger partial charge in [-0.25, -0.2) is 19.9 Å². The van der Waals surface area contributed by atoms with Gasteiger partial charge in [-0.2, -0.15) is 23.5 Å². The molecule has 2 fully saturated rings. The summed E-state index contributed by atoms with van der Waals surface area (Å²) in [7, 11) is 0. The Morgan fingerprint density at radius 3 is 2.73 bits per heavy atom. The van der Waals surface area contributed by atoms with E-state index in [4.69, 9.17) is 4.74 Å². The van der Waals surface area contributed by atoms with Crippen LogP contribution in [0.15, 0.2) is 61.8 Å². The molecule has 11 nitrogen and oxygen atoms in total. The predicted octanol–water partition coefficient (Wildman–Crippen LogP) is 4.79. The van der Waals surface area contributed by atoms with Gasteiger partial charge < -0.3 is 14.3 Å². The first-order valence-corrected chi connectivity index (χ1v) is 14.4. The number of nitrogens with zero attached hydrogens (tertiary/aromatic N) is 9. The van der Waals surface area contributed by atoms with Gasteiger partial charge in [0, 0.05) is 67.5 Å². The SMILES string of the molecule is N#CCC1(n2cc(-c3ncnc4[nH]ccc34)cn2)CN(C2CCC(Oc3cc(Cn4ccnc4)cc(C(F)(F)F)n3)CC2)C1. The minimum atomic E-state index is -4.58. The summed E-state index contributed by atoms with van der Waals surface area (Å²) in [6.07, 6.45) is 10.5. The van der Waals surface area contributed by atoms with Crippen LogP contribution >= 0.6 is 0 Å². The highest BCUT2D eigenvalue weighted by Gasteiger charge is 2.48. The van der Waals surface area contributed by atoms with Crippen LogP contribution in [-0.4, -0.2) is 69.4 Å². The van der Waals surface area contributed by atoms with E-state index < -0.39 is 17.4 Å². The average molecular weight is 603 g/mol. The third-order valence-electron chi connectivity index (χ3n) is 8.62. The molecule has 6 heterocycles. The lowest BCUT2D eigenvalue weighted by atomic mass is 9.82. The van der Waals surface area contributed by atoms with Gasteiger partial charge in [0.15, 0.2) is 0 Å². The second-order valence-electron chi connectivity index (χ2n) is 11.6. The second-order valence-corrected chi connectivity index (χ2v) is 11.6. The fraction of sp³-hybridized carbons (Fsp3) is 0.400. The van der Waals surface area contributed by atoms with Crippen molar-refractivity contribution in [2.45, 2.75) is 62.5 Å². The van der Waals surface area contributed by atoms with Crippen molar-refractivity contribution >= 4 is 11.0 Å². The van der Waals surface area contributed by atoms with Crippen LogP contribution in [0, 0.1) is 11.3 Å². The Hall–Kier alpha value is -4.77. The monoisotopic (exact) mass is 602 g/mol. The van der Waals surface area contributed by atoms with Gasteiger partial charge in [-0.15, -0.1) is 0 Å². The maximum Gasteiger partial charge on any atom is 0.433 e. The number of alkyl halides is 3. The lowest BCUT2D eigenvalue weighted by Crippen LogP contribution is -2.65. The van der Waals surface area contributed by atoms with Crippen molar-refractivity contribution in [2.24, 2.45) is 0 Å². The number of hydrogen-bond donors (Lipinski definition) is 1. The number of aromatic amines is 1. The van der Waals surface area contributed by atoms with E-state index in [0.29, 0.717) is 44.0 Å². The summed E-state index contributed by atoms with van der Waals surface area (Å²) in [6.45, 7) is 1.61. The number of hydrogen-bond acceptors (Lipinski definition) is 8. The number of imidazole rings is 1. The first-order chi connectivity index (χ1) is 21.3. The van der Waals surface area contributed by atoms with Crippen LogP contribution in [-0.2, 0) is 18.3 Å². The second kappa shape index (κ2) is 11.1. The van der Waals surface area contributed by atoms with Crippen LogP contribution in [0.2, 0.25) is 0 Å². The number of likely N-dealkylation sites (tertiary alicyclic amines) is 1. The van der Waals surface area contributed by atoms with E-state index in [1.165, 1.54) is 6.33 Å². The van der Waals surface area contributed by atoms with E-state index in [1.807, 2.05) is 23.1 Å². The van der Waals surface area contributed by atoms with E-state index >= 15 is 0 Å². The molecule has 7 rings (SSSR count). The normalized spacial score (nSPS) is 20.3. The van der Waals surface area contributed by atoms with Crippen LogP contribution in [0.5, 0.6) is 5.88 Å². The number of pyridine rings is 1. The third kappa shape index (κ3) is 5.39. The van der Waals surface area contributed by atoms with E-state index in [2.05, 4.69) is 41.0 Å². The van der Waals surface area contributed by atoms with Gasteiger partial charge in [0.05, 0.1) is 30.7 Å². The Balaban J connectivity index is 0.994. The van der Waals surface area contributed by atoms with E-state index in [0.717, 1.165) is 41.2 Å². The first kappa shape index (κ1) is 28.0. The molecule has 44 heavy (non-hydrogen) atoms. The van der Waals surface area contributed by atoms with Crippen LogP contribution in [0.4, 0.5) is 13.2 Å². The number of rotatable bonds is 8. The summed E-state index contributed by atoms with van der Waals surface area (Å²) in [5.41, 5.74) is 1.45. The van der Waals surface area contributed by atoms with Gasteiger partial charge >= 0.3 is 6.18 Å². The zero-order valence-electron chi connectivity index (χ0n) is 23.7. The van der Waals surface area contributed by atoms with Gasteiger partial charge in [-0.3, -0.25) is 9.58 Å². The Kier molecular flexibility index (Phi) is 7.04. The molecule has 5 aromatic rings. The lowest BCUT2D eigenvalue weighted by molar-refractivity contribution is -0.141. The highest BCUT2D eigenvalue weighted by molar-refractivity contribution is 5.90. The smallest absolute Gasteiger partial charge is 0.433 e. The summed E-state index contributed by atoms with van der Waals surface area (Å²) >= 11 is 0. The molecule has 0 unspecified atom stereocenters. The van der Waals surface area contributed by atoms with Gasteiger partial charge in [-0.05, 0) is 43.4 Å². The van der Waals surface area contributed by atoms with Crippen molar-refractivity contribution in [3.05, 3.63) is 73.1 Å². The number of ether oxygens (including phenoxy) is 1. The minimum absolute atomic E-state index is 0.00883. The van der Waals surface area contributed by atoms with Crippen LogP contribution in [0.1, 0.15) is 43.4 Å². The summed E-state index contributed by atoms with van der Waals surface area (Å²) < 4.78 is 50.4. The molecule has 0 spiro atoms. The molecule has 14 heteroatoms. The molecule has 1 saturated heterocycles. The molecule has 1 aliphatic carbocycles. The molecule has 0 bridgehead atoms. The number of halogens is 3. The van der Waals surface area contributed by atoms with Gasteiger partial charge in [0.2, 0.25) is 5.88 Å². The largest absolute Gasteiger partial charge is 0.474 e. The van der Waals surface area contributed by atoms with Crippen LogP contribution < -0.4 is 4.74 Å². The van der Waals surface area contributed by atoms with E-state index in [9.17, 15) is 18.4 Å². The Morgan fingerprint density at radius 1 is 1.14 bits per heavy atom. The molecule has 1 N–H and O–H groups in total. The summed E-state index contributed by atoms with van der Waals surface area (Å²) in [4.78, 5) is 21.9. The quantitative estimate of drug-likeness (QED) is 0.269. The number of H-pyrrole nitrogens is 1. The summed E-state index contributed by atoms with van der Waals surface area (Å²) in [5.74, 6) is -0.00883. The highest BCUT2D eigenvalue weighted by atomic mass is 19.4. The Labute approximate surface area is 250 Å². The fourth-order valence-electron chi connectivity index (χ4n) is 6.41. The summed E-state index contributed by atoms with van der Waals surface area (Å²) in [6, 6.07) is 7.20. The van der Waals surface area contributed by atoms with Crippen molar-refractivity contribution in [3.63, 3.8) is 0 Å². The number of aromatic nitrogens is 8. The lowest BCUT2D eigenvalue weighted by Gasteiger charge is -2.53. The van der Waals surface area contributed by atoms with Gasteiger partial charge in [0.1, 0.15) is 29.3 Å². The van der Waals surface area contributed by atoms with E-state index in [-0.39, 0.29) is 18.5 Å². The Bertz CT molecular complexity index is 1790. The van der Waals surface area contributed by atoms with Gasteiger partial charge in [-0.1, -0.05) is 0 Å². The Morgan fingerprint density at radius 2 is 1.98 bits per heavy atom. The number of nitriles is 1. The zero-order chi connectivity index (χ0) is 30.3. The van der Waals surface area contributed by atoms with Crippen molar-refractivity contribution in [1.29, 1.82) is 5.26 Å². The van der Waals surface area contributed by atoms with Crippen LogP contribution in [0.3, 0.4) is 0 Å². The molecule has 5 aromatic heterocycles. The molecule has 2 aliphatic rings. The van der Waals surface area contributed by atoms with Gasteiger partial charge in [0.25, 0.3) is 0 Å². The first-order valence-electron chi connectivity index (χ1n) is 14.4. The summed E-state index contributed by atoms with van der Waals surface area (Å²) in [5, 5.41) is 15.2. The minimum Gasteiger partial charge on any atom is -0.474 e. The van der Waals surface area contributed by atoms with Crippen LogP contribution in [0.25, 0.3) is 22.3 Å². The number of fused-ring (bicyclic) bond motifs is 1. The standard InChI is InChI=1S/C30H29F3N10O/c31-30(32,33)25-11-20(14-41-10-9-35-19-41)12-26(40-25)44-23-3-1-22(2-4-23)42-16-29(17-42,6-7-34)43-15-21(13-39-43)27-24-5-8-36-28(24)38-18-37-27/h5,8-13,15,18-19,22-23H,1-4,6,14,16-17H2,(H,36,37,38). The molecular weight excluding hydrogens is 573 g/mol. The molecule has 1 aliphatic heterocycles.